The maximum absolute atomic E-state index is 12.3. The van der Waals surface area contributed by atoms with Crippen LogP contribution in [0.25, 0.3) is 0 Å². The van der Waals surface area contributed by atoms with Crippen molar-refractivity contribution in [2.45, 2.75) is 26.3 Å². The molecule has 0 saturated carbocycles. The summed E-state index contributed by atoms with van der Waals surface area (Å²) in [6, 6.07) is 6.86. The molecular formula is C14H16N2O3. The van der Waals surface area contributed by atoms with E-state index in [4.69, 9.17) is 0 Å². The predicted octanol–water partition coefficient (Wildman–Crippen LogP) is 1.35. The van der Waals surface area contributed by atoms with Crippen molar-refractivity contribution in [1.82, 2.24) is 10.2 Å². The van der Waals surface area contributed by atoms with E-state index in [9.17, 15) is 14.4 Å². The quantitative estimate of drug-likeness (QED) is 0.834. The van der Waals surface area contributed by atoms with Gasteiger partial charge in [0.25, 0.3) is 5.91 Å². The summed E-state index contributed by atoms with van der Waals surface area (Å²) in [5.74, 6) is -0.617. The van der Waals surface area contributed by atoms with Crippen LogP contribution in [0.5, 0.6) is 0 Å². The molecule has 1 heterocycles. The van der Waals surface area contributed by atoms with Crippen LogP contribution in [-0.2, 0) is 15.1 Å². The van der Waals surface area contributed by atoms with Crippen molar-refractivity contribution < 1.29 is 14.4 Å². The normalized spacial score (nSPS) is 22.6. The standard InChI is InChI=1S/C14H16N2O3/c1-9-4-6-11(7-5-9)14(3)12(18)16(8-10(2)17)13(19)15-14/h4-7H,8H2,1-3H3,(H,15,19). The van der Waals surface area contributed by atoms with Gasteiger partial charge in [-0.05, 0) is 26.3 Å². The summed E-state index contributed by atoms with van der Waals surface area (Å²) in [5.41, 5.74) is 0.687. The summed E-state index contributed by atoms with van der Waals surface area (Å²) in [7, 11) is 0. The molecule has 0 spiro atoms. The second-order valence-electron chi connectivity index (χ2n) is 5.01. The first-order valence-corrected chi connectivity index (χ1v) is 6.05. The molecule has 0 radical (unpaired) electrons. The number of hydrogen-bond donors (Lipinski definition) is 1. The number of imide groups is 1. The van der Waals surface area contributed by atoms with Crippen molar-refractivity contribution in [3.05, 3.63) is 35.4 Å². The second kappa shape index (κ2) is 4.50. The lowest BCUT2D eigenvalue weighted by Crippen LogP contribution is -2.41. The first kappa shape index (κ1) is 13.3. The molecule has 1 atom stereocenters. The predicted molar refractivity (Wildman–Crippen MR) is 69.5 cm³/mol. The molecule has 0 aromatic heterocycles. The molecule has 5 heteroatoms. The van der Waals surface area contributed by atoms with Crippen LogP contribution in [0, 0.1) is 6.92 Å². The van der Waals surface area contributed by atoms with Crippen LogP contribution in [0.3, 0.4) is 0 Å². The van der Waals surface area contributed by atoms with E-state index >= 15 is 0 Å². The number of urea groups is 1. The average molecular weight is 260 g/mol. The Morgan fingerprint density at radius 1 is 1.26 bits per heavy atom. The number of carbonyl (C=O) groups excluding carboxylic acids is 3. The van der Waals surface area contributed by atoms with Crippen LogP contribution in [0.15, 0.2) is 24.3 Å². The van der Waals surface area contributed by atoms with Crippen LogP contribution in [0.2, 0.25) is 0 Å². The molecule has 0 bridgehead atoms. The number of carbonyl (C=O) groups is 3. The van der Waals surface area contributed by atoms with Crippen molar-refractivity contribution in [3.63, 3.8) is 0 Å². The maximum Gasteiger partial charge on any atom is 0.325 e. The van der Waals surface area contributed by atoms with Gasteiger partial charge in [-0.15, -0.1) is 0 Å². The third-order valence-electron chi connectivity index (χ3n) is 3.28. The minimum atomic E-state index is -1.10. The van der Waals surface area contributed by atoms with Gasteiger partial charge in [0, 0.05) is 0 Å². The Morgan fingerprint density at radius 2 is 1.84 bits per heavy atom. The topological polar surface area (TPSA) is 66.5 Å². The number of benzene rings is 1. The van der Waals surface area contributed by atoms with Gasteiger partial charge < -0.3 is 5.32 Å². The Bertz CT molecular complexity index is 550. The van der Waals surface area contributed by atoms with E-state index in [1.807, 2.05) is 31.2 Å². The lowest BCUT2D eigenvalue weighted by molar-refractivity contribution is -0.133. The van der Waals surface area contributed by atoms with Gasteiger partial charge in [0.15, 0.2) is 0 Å². The van der Waals surface area contributed by atoms with Gasteiger partial charge in [-0.1, -0.05) is 29.8 Å². The second-order valence-corrected chi connectivity index (χ2v) is 5.01. The van der Waals surface area contributed by atoms with Gasteiger partial charge in [-0.3, -0.25) is 14.5 Å². The van der Waals surface area contributed by atoms with Gasteiger partial charge in [-0.2, -0.15) is 0 Å². The smallest absolute Gasteiger partial charge is 0.319 e. The van der Waals surface area contributed by atoms with Gasteiger partial charge in [0.1, 0.15) is 11.3 Å². The Balaban J connectivity index is 2.35. The molecule has 1 N–H and O–H groups in total. The van der Waals surface area contributed by atoms with E-state index < -0.39 is 17.5 Å². The van der Waals surface area contributed by atoms with E-state index in [1.165, 1.54) is 6.92 Å². The number of amides is 3. The lowest BCUT2D eigenvalue weighted by atomic mass is 9.91. The van der Waals surface area contributed by atoms with Crippen molar-refractivity contribution in [1.29, 1.82) is 0 Å². The average Bonchev–Trinajstić information content (AvgIpc) is 2.54. The number of nitrogens with zero attached hydrogens (tertiary/aromatic N) is 1. The fraction of sp³-hybridized carbons (Fsp3) is 0.357. The van der Waals surface area contributed by atoms with Gasteiger partial charge >= 0.3 is 6.03 Å². The highest BCUT2D eigenvalue weighted by atomic mass is 16.2. The number of hydrogen-bond acceptors (Lipinski definition) is 3. The number of aryl methyl sites for hydroxylation is 1. The van der Waals surface area contributed by atoms with Crippen LogP contribution in [0.4, 0.5) is 4.79 Å². The zero-order valence-electron chi connectivity index (χ0n) is 11.2. The molecular weight excluding hydrogens is 244 g/mol. The first-order chi connectivity index (χ1) is 8.84. The van der Waals surface area contributed by atoms with E-state index in [0.29, 0.717) is 5.56 Å². The Morgan fingerprint density at radius 3 is 2.37 bits per heavy atom. The summed E-state index contributed by atoms with van der Waals surface area (Å²) < 4.78 is 0. The van der Waals surface area contributed by atoms with Crippen LogP contribution in [0.1, 0.15) is 25.0 Å². The van der Waals surface area contributed by atoms with Crippen molar-refractivity contribution in [3.8, 4) is 0 Å². The summed E-state index contributed by atoms with van der Waals surface area (Å²) in [6.45, 7) is 4.76. The Hall–Kier alpha value is -2.17. The van der Waals surface area contributed by atoms with Crippen LogP contribution in [-0.4, -0.2) is 29.2 Å². The molecule has 1 aromatic carbocycles. The van der Waals surface area contributed by atoms with Gasteiger partial charge in [0.2, 0.25) is 0 Å². The third kappa shape index (κ3) is 2.23. The molecule has 100 valence electrons. The molecule has 1 unspecified atom stereocenters. The van der Waals surface area contributed by atoms with Crippen LogP contribution < -0.4 is 5.32 Å². The monoisotopic (exact) mass is 260 g/mol. The highest BCUT2D eigenvalue weighted by molar-refractivity contribution is 6.09. The van der Waals surface area contributed by atoms with Crippen molar-refractivity contribution >= 4 is 17.7 Å². The third-order valence-corrected chi connectivity index (χ3v) is 3.28. The molecule has 5 nitrogen and oxygen atoms in total. The minimum absolute atomic E-state index is 0.188. The number of nitrogens with one attached hydrogen (secondary N) is 1. The zero-order valence-corrected chi connectivity index (χ0v) is 11.2. The number of rotatable bonds is 3. The first-order valence-electron chi connectivity index (χ1n) is 6.05. The molecule has 3 amide bonds. The van der Waals surface area contributed by atoms with Crippen molar-refractivity contribution in [2.24, 2.45) is 0 Å². The molecule has 1 aromatic rings. The molecule has 19 heavy (non-hydrogen) atoms. The molecule has 1 aliphatic rings. The molecule has 2 rings (SSSR count). The van der Waals surface area contributed by atoms with Gasteiger partial charge in [-0.25, -0.2) is 4.79 Å². The Kier molecular flexibility index (Phi) is 3.14. The molecule has 1 saturated heterocycles. The van der Waals surface area contributed by atoms with E-state index in [-0.39, 0.29) is 12.3 Å². The highest BCUT2D eigenvalue weighted by Gasteiger charge is 2.49. The van der Waals surface area contributed by atoms with Gasteiger partial charge in [0.05, 0.1) is 6.54 Å². The largest absolute Gasteiger partial charge is 0.325 e. The van der Waals surface area contributed by atoms with Crippen LogP contribution >= 0.6 is 0 Å². The molecule has 0 aliphatic carbocycles. The SMILES string of the molecule is CC(=O)CN1C(=O)NC(C)(c2ccc(C)cc2)C1=O. The fourth-order valence-corrected chi connectivity index (χ4v) is 2.15. The van der Waals surface area contributed by atoms with E-state index in [1.54, 1.807) is 6.92 Å². The minimum Gasteiger partial charge on any atom is -0.319 e. The molecule has 1 fully saturated rings. The van der Waals surface area contributed by atoms with E-state index in [0.717, 1.165) is 10.5 Å². The summed E-state index contributed by atoms with van der Waals surface area (Å²) in [4.78, 5) is 36.2. The summed E-state index contributed by atoms with van der Waals surface area (Å²) in [5, 5.41) is 2.66. The summed E-state index contributed by atoms with van der Waals surface area (Å²) in [6.07, 6.45) is 0. The number of ketones is 1. The number of Topliss-reactive ketones (excluding diaryl/α,β-unsaturated/α-hetero) is 1. The van der Waals surface area contributed by atoms with Crippen molar-refractivity contribution in [2.75, 3.05) is 6.54 Å². The molecule has 1 aliphatic heterocycles. The summed E-state index contributed by atoms with van der Waals surface area (Å²) >= 11 is 0. The van der Waals surface area contributed by atoms with E-state index in [2.05, 4.69) is 5.32 Å². The fourth-order valence-electron chi connectivity index (χ4n) is 2.15. The lowest BCUT2D eigenvalue weighted by Gasteiger charge is -2.22. The maximum atomic E-state index is 12.3. The highest BCUT2D eigenvalue weighted by Crippen LogP contribution is 2.28. The zero-order chi connectivity index (χ0) is 14.2. The Labute approximate surface area is 111 Å².